The Labute approximate surface area is 164 Å². The van der Waals surface area contributed by atoms with Crippen molar-refractivity contribution in [3.63, 3.8) is 0 Å². The van der Waals surface area contributed by atoms with Crippen LogP contribution in [0.15, 0.2) is 48.5 Å². The predicted octanol–water partition coefficient (Wildman–Crippen LogP) is 2.93. The highest BCUT2D eigenvalue weighted by Crippen LogP contribution is 2.22. The van der Waals surface area contributed by atoms with Crippen LogP contribution in [0.3, 0.4) is 0 Å². The Morgan fingerprint density at radius 1 is 1.14 bits per heavy atom. The summed E-state index contributed by atoms with van der Waals surface area (Å²) < 4.78 is 11.6. The monoisotopic (exact) mass is 383 g/mol. The van der Waals surface area contributed by atoms with Gasteiger partial charge in [0.05, 0.1) is 5.92 Å². The van der Waals surface area contributed by atoms with E-state index in [4.69, 9.17) is 14.6 Å². The smallest absolute Gasteiger partial charge is 0.308 e. The molecule has 0 bridgehead atoms. The summed E-state index contributed by atoms with van der Waals surface area (Å²) in [6.07, 6.45) is 0.705. The fourth-order valence-corrected chi connectivity index (χ4v) is 3.28. The van der Waals surface area contributed by atoms with Crippen LogP contribution in [0.4, 0.5) is 0 Å². The molecule has 6 nitrogen and oxygen atoms in total. The van der Waals surface area contributed by atoms with Crippen molar-refractivity contribution < 1.29 is 24.2 Å². The summed E-state index contributed by atoms with van der Waals surface area (Å²) in [5.74, 6) is -0.0301. The highest BCUT2D eigenvalue weighted by atomic mass is 16.5. The molecular formula is C22H25NO5. The van der Waals surface area contributed by atoms with Gasteiger partial charge in [-0.25, -0.2) is 0 Å². The van der Waals surface area contributed by atoms with Gasteiger partial charge in [0.2, 0.25) is 5.91 Å². The molecule has 0 aliphatic carbocycles. The minimum absolute atomic E-state index is 0.0871. The Morgan fingerprint density at radius 3 is 2.68 bits per heavy atom. The van der Waals surface area contributed by atoms with Gasteiger partial charge >= 0.3 is 5.97 Å². The number of ether oxygens (including phenoxy) is 2. The van der Waals surface area contributed by atoms with Crippen LogP contribution in [0.2, 0.25) is 0 Å². The molecule has 28 heavy (non-hydrogen) atoms. The zero-order chi connectivity index (χ0) is 19.9. The standard InChI is InChI=1S/C22H25NO5/c1-16-5-4-7-19(13-16)27-11-12-28-20-8-3-2-6-17(20)9-10-23-15-18(22(25)26)14-21(23)24/h2-8,13,18H,9-12,14-15H2,1H3,(H,25,26). The third kappa shape index (κ3) is 5.25. The molecule has 1 N–H and O–H groups in total. The summed E-state index contributed by atoms with van der Waals surface area (Å²) in [6, 6.07) is 15.6. The molecule has 6 heteroatoms. The van der Waals surface area contributed by atoms with E-state index in [0.717, 1.165) is 22.6 Å². The maximum Gasteiger partial charge on any atom is 0.308 e. The molecule has 0 aromatic heterocycles. The van der Waals surface area contributed by atoms with Crippen LogP contribution in [0, 0.1) is 12.8 Å². The van der Waals surface area contributed by atoms with Crippen LogP contribution in [-0.4, -0.2) is 48.2 Å². The summed E-state index contributed by atoms with van der Waals surface area (Å²) in [4.78, 5) is 24.7. The number of carboxylic acids is 1. The van der Waals surface area contributed by atoms with Crippen LogP contribution in [0.1, 0.15) is 17.5 Å². The van der Waals surface area contributed by atoms with Crippen molar-refractivity contribution in [1.29, 1.82) is 0 Å². The molecule has 0 saturated carbocycles. The van der Waals surface area contributed by atoms with E-state index >= 15 is 0 Å². The molecule has 1 heterocycles. The number of rotatable bonds is 9. The number of carbonyl (C=O) groups is 2. The second kappa shape index (κ2) is 9.26. The van der Waals surface area contributed by atoms with Crippen molar-refractivity contribution in [2.24, 2.45) is 5.92 Å². The van der Waals surface area contributed by atoms with Gasteiger partial charge in [0.1, 0.15) is 24.7 Å². The van der Waals surface area contributed by atoms with E-state index in [1.165, 1.54) is 0 Å². The van der Waals surface area contributed by atoms with Crippen molar-refractivity contribution in [2.45, 2.75) is 19.8 Å². The number of likely N-dealkylation sites (tertiary alicyclic amines) is 1. The largest absolute Gasteiger partial charge is 0.490 e. The third-order valence-electron chi connectivity index (χ3n) is 4.79. The fraction of sp³-hybridized carbons (Fsp3) is 0.364. The molecule has 0 radical (unpaired) electrons. The second-order valence-corrected chi connectivity index (χ2v) is 6.95. The fourth-order valence-electron chi connectivity index (χ4n) is 3.28. The number of para-hydroxylation sites is 1. The van der Waals surface area contributed by atoms with Gasteiger partial charge in [0.25, 0.3) is 0 Å². The first kappa shape index (κ1) is 19.7. The summed E-state index contributed by atoms with van der Waals surface area (Å²) in [5, 5.41) is 9.09. The number of amides is 1. The normalized spacial score (nSPS) is 16.2. The van der Waals surface area contributed by atoms with Gasteiger partial charge < -0.3 is 19.5 Å². The molecule has 1 saturated heterocycles. The molecule has 1 atom stereocenters. The molecule has 0 spiro atoms. The zero-order valence-corrected chi connectivity index (χ0v) is 16.0. The van der Waals surface area contributed by atoms with Crippen LogP contribution < -0.4 is 9.47 Å². The lowest BCUT2D eigenvalue weighted by molar-refractivity contribution is -0.141. The van der Waals surface area contributed by atoms with Gasteiger partial charge in [0.15, 0.2) is 0 Å². The van der Waals surface area contributed by atoms with Crippen molar-refractivity contribution >= 4 is 11.9 Å². The number of hydrogen-bond acceptors (Lipinski definition) is 4. The van der Waals surface area contributed by atoms with Gasteiger partial charge in [0, 0.05) is 19.5 Å². The highest BCUT2D eigenvalue weighted by molar-refractivity contribution is 5.86. The number of benzene rings is 2. The van der Waals surface area contributed by atoms with Gasteiger partial charge in [-0.2, -0.15) is 0 Å². The van der Waals surface area contributed by atoms with Crippen LogP contribution >= 0.6 is 0 Å². The number of carboxylic acid groups (broad SMARTS) is 1. The van der Waals surface area contributed by atoms with Gasteiger partial charge in [-0.05, 0) is 42.7 Å². The van der Waals surface area contributed by atoms with Crippen LogP contribution in [0.25, 0.3) is 0 Å². The average molecular weight is 383 g/mol. The van der Waals surface area contributed by atoms with E-state index in [2.05, 4.69) is 0 Å². The van der Waals surface area contributed by atoms with Gasteiger partial charge in [-0.3, -0.25) is 9.59 Å². The highest BCUT2D eigenvalue weighted by Gasteiger charge is 2.33. The molecule has 1 aliphatic rings. The maximum absolute atomic E-state index is 12.0. The molecule has 2 aromatic rings. The summed E-state index contributed by atoms with van der Waals surface area (Å²) in [5.41, 5.74) is 2.13. The Morgan fingerprint density at radius 2 is 1.93 bits per heavy atom. The predicted molar refractivity (Wildman–Crippen MR) is 105 cm³/mol. The first-order valence-electron chi connectivity index (χ1n) is 9.43. The van der Waals surface area contributed by atoms with Crippen molar-refractivity contribution in [3.05, 3.63) is 59.7 Å². The Hall–Kier alpha value is -3.02. The SMILES string of the molecule is Cc1cccc(OCCOc2ccccc2CCN2CC(C(=O)O)CC2=O)c1. The molecule has 1 aliphatic heterocycles. The summed E-state index contributed by atoms with van der Waals surface area (Å²) in [7, 11) is 0. The lowest BCUT2D eigenvalue weighted by Crippen LogP contribution is -2.28. The van der Waals surface area contributed by atoms with E-state index < -0.39 is 11.9 Å². The van der Waals surface area contributed by atoms with E-state index in [9.17, 15) is 9.59 Å². The zero-order valence-electron chi connectivity index (χ0n) is 16.0. The molecule has 1 fully saturated rings. The van der Waals surface area contributed by atoms with Crippen molar-refractivity contribution in [2.75, 3.05) is 26.3 Å². The molecule has 1 unspecified atom stereocenters. The lowest BCUT2D eigenvalue weighted by Gasteiger charge is -2.17. The molecular weight excluding hydrogens is 358 g/mol. The Kier molecular flexibility index (Phi) is 6.53. The van der Waals surface area contributed by atoms with E-state index in [-0.39, 0.29) is 18.9 Å². The number of carbonyl (C=O) groups excluding carboxylic acids is 1. The second-order valence-electron chi connectivity index (χ2n) is 6.95. The number of aliphatic carboxylic acids is 1. The quantitative estimate of drug-likeness (QED) is 0.674. The summed E-state index contributed by atoms with van der Waals surface area (Å²) in [6.45, 7) is 3.63. The van der Waals surface area contributed by atoms with E-state index in [0.29, 0.717) is 26.2 Å². The topological polar surface area (TPSA) is 76.1 Å². The lowest BCUT2D eigenvalue weighted by atomic mass is 10.1. The summed E-state index contributed by atoms with van der Waals surface area (Å²) >= 11 is 0. The van der Waals surface area contributed by atoms with Gasteiger partial charge in [-0.15, -0.1) is 0 Å². The number of hydrogen-bond donors (Lipinski definition) is 1. The Balaban J connectivity index is 1.49. The minimum Gasteiger partial charge on any atom is -0.490 e. The Bertz CT molecular complexity index is 835. The first-order chi connectivity index (χ1) is 13.5. The van der Waals surface area contributed by atoms with Crippen LogP contribution in [-0.2, 0) is 16.0 Å². The van der Waals surface area contributed by atoms with Crippen molar-refractivity contribution in [1.82, 2.24) is 4.90 Å². The van der Waals surface area contributed by atoms with Crippen LogP contribution in [0.5, 0.6) is 11.5 Å². The first-order valence-corrected chi connectivity index (χ1v) is 9.43. The number of nitrogens with zero attached hydrogens (tertiary/aromatic N) is 1. The molecule has 1 amide bonds. The molecule has 3 rings (SSSR count). The molecule has 148 valence electrons. The van der Waals surface area contributed by atoms with Crippen molar-refractivity contribution in [3.8, 4) is 11.5 Å². The average Bonchev–Trinajstić information content (AvgIpc) is 3.05. The van der Waals surface area contributed by atoms with Gasteiger partial charge in [-0.1, -0.05) is 30.3 Å². The molecule has 2 aromatic carbocycles. The van der Waals surface area contributed by atoms with E-state index in [1.807, 2.05) is 55.5 Å². The van der Waals surface area contributed by atoms with E-state index in [1.54, 1.807) is 4.90 Å². The minimum atomic E-state index is -0.909. The third-order valence-corrected chi connectivity index (χ3v) is 4.79. The number of aryl methyl sites for hydroxylation is 1. The maximum atomic E-state index is 12.0.